The van der Waals surface area contributed by atoms with E-state index in [0.717, 1.165) is 57.0 Å². The summed E-state index contributed by atoms with van der Waals surface area (Å²) in [6.07, 6.45) is -2.78. The van der Waals surface area contributed by atoms with E-state index in [1.54, 1.807) is 18.2 Å². The fraction of sp³-hybridized carbons (Fsp3) is 0.100. The van der Waals surface area contributed by atoms with Gasteiger partial charge in [0.1, 0.15) is 11.4 Å². The smallest absolute Gasteiger partial charge is 0.433 e. The predicted molar refractivity (Wildman–Crippen MR) is 140 cm³/mol. The van der Waals surface area contributed by atoms with Gasteiger partial charge in [0, 0.05) is 41.4 Å². The zero-order valence-electron chi connectivity index (χ0n) is 20.4. The summed E-state index contributed by atoms with van der Waals surface area (Å²) in [5, 5.41) is 20.0. The van der Waals surface area contributed by atoms with E-state index in [-0.39, 0.29) is 18.2 Å². The Morgan fingerprint density at radius 1 is 0.923 bits per heavy atom. The molecule has 3 N–H and O–H groups in total. The monoisotopic (exact) mass is 526 g/mol. The van der Waals surface area contributed by atoms with Gasteiger partial charge < -0.3 is 10.4 Å². The van der Waals surface area contributed by atoms with E-state index < -0.39 is 11.9 Å². The van der Waals surface area contributed by atoms with Crippen LogP contribution in [0.3, 0.4) is 0 Å². The van der Waals surface area contributed by atoms with Crippen LogP contribution in [-0.2, 0) is 19.1 Å². The first-order valence-electron chi connectivity index (χ1n) is 12.2. The van der Waals surface area contributed by atoms with Crippen LogP contribution in [-0.4, -0.2) is 26.2 Å². The number of carbonyl (C=O) groups excluding carboxylic acids is 1. The van der Waals surface area contributed by atoms with Crippen LogP contribution in [0.25, 0.3) is 33.6 Å². The molecule has 39 heavy (non-hydrogen) atoms. The van der Waals surface area contributed by atoms with Crippen LogP contribution in [0.2, 0.25) is 0 Å². The van der Waals surface area contributed by atoms with E-state index in [4.69, 9.17) is 0 Å². The number of halogens is 3. The normalized spacial score (nSPS) is 12.2. The molecule has 0 atom stereocenters. The van der Waals surface area contributed by atoms with Crippen molar-refractivity contribution in [2.75, 3.05) is 0 Å². The SMILES string of the molecule is O=C(NCc1ccc(C(F)(F)F)nc1)c1ccc2c(c1)Cc1c(-c3ccc(-c4ccc(O)cc4)cc3)n[nH]c1-2. The second-order valence-corrected chi connectivity index (χ2v) is 9.33. The number of rotatable bonds is 5. The number of nitrogens with one attached hydrogen (secondary N) is 2. The topological polar surface area (TPSA) is 90.9 Å². The van der Waals surface area contributed by atoms with Crippen LogP contribution in [0.4, 0.5) is 13.2 Å². The second kappa shape index (κ2) is 9.43. The fourth-order valence-electron chi connectivity index (χ4n) is 4.77. The number of H-pyrrole nitrogens is 1. The second-order valence-electron chi connectivity index (χ2n) is 9.33. The summed E-state index contributed by atoms with van der Waals surface area (Å²) in [4.78, 5) is 16.2. The first-order valence-corrected chi connectivity index (χ1v) is 12.2. The molecule has 0 spiro atoms. The number of nitrogens with zero attached hydrogens (tertiary/aromatic N) is 2. The van der Waals surface area contributed by atoms with Gasteiger partial charge >= 0.3 is 6.18 Å². The van der Waals surface area contributed by atoms with E-state index >= 15 is 0 Å². The average molecular weight is 527 g/mol. The number of aromatic hydroxyl groups is 1. The fourth-order valence-corrected chi connectivity index (χ4v) is 4.77. The summed E-state index contributed by atoms with van der Waals surface area (Å²) in [6, 6.07) is 22.7. The Kier molecular flexibility index (Phi) is 5.91. The van der Waals surface area contributed by atoms with Crippen LogP contribution >= 0.6 is 0 Å². The number of hydrogen-bond donors (Lipinski definition) is 3. The quantitative estimate of drug-likeness (QED) is 0.244. The minimum Gasteiger partial charge on any atom is -0.508 e. The lowest BCUT2D eigenvalue weighted by molar-refractivity contribution is -0.141. The first-order chi connectivity index (χ1) is 18.8. The average Bonchev–Trinajstić information content (AvgIpc) is 3.51. The molecule has 1 amide bonds. The van der Waals surface area contributed by atoms with Crippen molar-refractivity contribution in [1.82, 2.24) is 20.5 Å². The molecule has 0 fully saturated rings. The van der Waals surface area contributed by atoms with Gasteiger partial charge in [0.2, 0.25) is 0 Å². The van der Waals surface area contributed by atoms with Crippen molar-refractivity contribution >= 4 is 5.91 Å². The van der Waals surface area contributed by atoms with Crippen molar-refractivity contribution in [3.63, 3.8) is 0 Å². The number of benzene rings is 3. The molecule has 0 aliphatic heterocycles. The van der Waals surface area contributed by atoms with Crippen LogP contribution in [0.1, 0.15) is 32.7 Å². The van der Waals surface area contributed by atoms with Crippen molar-refractivity contribution in [3.05, 3.63) is 113 Å². The van der Waals surface area contributed by atoms with E-state index in [1.165, 1.54) is 6.07 Å². The van der Waals surface area contributed by atoms with Gasteiger partial charge in [0.25, 0.3) is 5.91 Å². The van der Waals surface area contributed by atoms with Gasteiger partial charge in [-0.05, 0) is 52.6 Å². The molecule has 6 rings (SSSR count). The van der Waals surface area contributed by atoms with Crippen molar-refractivity contribution in [2.24, 2.45) is 0 Å². The van der Waals surface area contributed by atoms with Crippen molar-refractivity contribution < 1.29 is 23.1 Å². The zero-order chi connectivity index (χ0) is 27.1. The molecular weight excluding hydrogens is 505 g/mol. The van der Waals surface area contributed by atoms with Gasteiger partial charge in [-0.25, -0.2) is 0 Å². The van der Waals surface area contributed by atoms with Gasteiger partial charge in [-0.1, -0.05) is 48.5 Å². The molecule has 0 saturated carbocycles. The highest BCUT2D eigenvalue weighted by Gasteiger charge is 2.32. The summed E-state index contributed by atoms with van der Waals surface area (Å²) in [5.74, 6) is -0.101. The third kappa shape index (κ3) is 4.74. The number of amides is 1. The number of aromatic amines is 1. The number of fused-ring (bicyclic) bond motifs is 3. The van der Waals surface area contributed by atoms with Crippen molar-refractivity contribution in [2.45, 2.75) is 19.1 Å². The van der Waals surface area contributed by atoms with E-state index in [9.17, 15) is 23.1 Å². The molecule has 1 aliphatic carbocycles. The Morgan fingerprint density at radius 3 is 2.28 bits per heavy atom. The Hall–Kier alpha value is -4.92. The lowest BCUT2D eigenvalue weighted by atomic mass is 10.0. The van der Waals surface area contributed by atoms with Gasteiger partial charge in [-0.2, -0.15) is 18.3 Å². The Labute approximate surface area is 221 Å². The molecule has 0 saturated heterocycles. The van der Waals surface area contributed by atoms with Crippen LogP contribution in [0, 0.1) is 0 Å². The van der Waals surface area contributed by atoms with Gasteiger partial charge in [0.15, 0.2) is 0 Å². The molecule has 2 heterocycles. The van der Waals surface area contributed by atoms with Gasteiger partial charge in [-0.15, -0.1) is 0 Å². The number of hydrogen-bond acceptors (Lipinski definition) is 4. The highest BCUT2D eigenvalue weighted by atomic mass is 19.4. The molecule has 0 unspecified atom stereocenters. The van der Waals surface area contributed by atoms with E-state index in [0.29, 0.717) is 17.5 Å². The Morgan fingerprint density at radius 2 is 1.62 bits per heavy atom. The molecule has 2 aromatic heterocycles. The molecule has 0 radical (unpaired) electrons. The molecule has 0 bridgehead atoms. The molecule has 194 valence electrons. The van der Waals surface area contributed by atoms with Crippen LogP contribution in [0.5, 0.6) is 5.75 Å². The number of pyridine rings is 1. The Balaban J connectivity index is 1.16. The minimum atomic E-state index is -4.50. The maximum Gasteiger partial charge on any atom is 0.433 e. The van der Waals surface area contributed by atoms with Gasteiger partial charge in [0.05, 0.1) is 11.4 Å². The predicted octanol–water partition coefficient (Wildman–Crippen LogP) is 6.36. The molecule has 9 heteroatoms. The summed E-state index contributed by atoms with van der Waals surface area (Å²) >= 11 is 0. The zero-order valence-corrected chi connectivity index (χ0v) is 20.4. The maximum atomic E-state index is 12.8. The maximum absolute atomic E-state index is 12.8. The molecular formula is C30H21F3N4O2. The molecule has 1 aliphatic rings. The summed E-state index contributed by atoms with van der Waals surface area (Å²) in [6.45, 7) is 0.0638. The van der Waals surface area contributed by atoms with E-state index in [2.05, 4.69) is 20.5 Å². The summed E-state index contributed by atoms with van der Waals surface area (Å²) in [5.41, 5.74) is 7.74. The van der Waals surface area contributed by atoms with Crippen molar-refractivity contribution in [3.8, 4) is 39.4 Å². The third-order valence-electron chi connectivity index (χ3n) is 6.80. The lowest BCUT2D eigenvalue weighted by Crippen LogP contribution is -2.23. The Bertz CT molecular complexity index is 1670. The lowest BCUT2D eigenvalue weighted by Gasteiger charge is -2.09. The van der Waals surface area contributed by atoms with Crippen molar-refractivity contribution in [1.29, 1.82) is 0 Å². The minimum absolute atomic E-state index is 0.0638. The summed E-state index contributed by atoms with van der Waals surface area (Å²) < 4.78 is 38.1. The molecule has 5 aromatic rings. The number of aromatic nitrogens is 3. The van der Waals surface area contributed by atoms with Crippen LogP contribution in [0.15, 0.2) is 85.1 Å². The highest BCUT2D eigenvalue weighted by molar-refractivity contribution is 5.96. The van der Waals surface area contributed by atoms with Gasteiger partial charge in [-0.3, -0.25) is 14.9 Å². The standard InChI is InChI=1S/C30H21F3N4O2/c31-30(32,33)26-12-1-17(15-34-26)16-35-29(39)21-8-11-24-22(13-21)14-25-27(36-37-28(24)25)20-4-2-18(3-5-20)19-6-9-23(38)10-7-19/h1-13,15,38H,14,16H2,(H,35,39)(H,36,37). The first kappa shape index (κ1) is 24.4. The summed E-state index contributed by atoms with van der Waals surface area (Å²) in [7, 11) is 0. The number of carbonyl (C=O) groups is 1. The molecule has 3 aromatic carbocycles. The number of phenolic OH excluding ortho intramolecular Hbond substituents is 1. The highest BCUT2D eigenvalue weighted by Crippen LogP contribution is 2.40. The largest absolute Gasteiger partial charge is 0.508 e. The van der Waals surface area contributed by atoms with E-state index in [1.807, 2.05) is 48.5 Å². The number of phenols is 1. The van der Waals surface area contributed by atoms with Crippen LogP contribution < -0.4 is 5.32 Å². The molecule has 6 nitrogen and oxygen atoms in total. The third-order valence-corrected chi connectivity index (χ3v) is 6.80. The number of alkyl halides is 3.